The normalized spacial score (nSPS) is 25.3. The number of methoxy groups -OCH3 is 1. The zero-order chi connectivity index (χ0) is 11.0. The van der Waals surface area contributed by atoms with Crippen LogP contribution < -0.4 is 0 Å². The molecule has 0 aromatic carbocycles. The van der Waals surface area contributed by atoms with Crippen molar-refractivity contribution in [2.24, 2.45) is 0 Å². The summed E-state index contributed by atoms with van der Waals surface area (Å²) in [7, 11) is 3.14. The second kappa shape index (κ2) is 3.53. The molecule has 80 valence electrons. The summed E-state index contributed by atoms with van der Waals surface area (Å²) in [4.78, 5) is 13.1. The Labute approximate surface area is 87.5 Å². The largest absolute Gasteiger partial charge is 0.497 e. The molecule has 2 rings (SSSR count). The van der Waals surface area contributed by atoms with Crippen LogP contribution in [0.3, 0.4) is 0 Å². The highest BCUT2D eigenvalue weighted by Crippen LogP contribution is 2.27. The Bertz CT molecular complexity index is 395. The average Bonchev–Trinajstić information content (AvgIpc) is 2.41. The van der Waals surface area contributed by atoms with E-state index in [9.17, 15) is 9.18 Å². The third-order valence-corrected chi connectivity index (χ3v) is 2.60. The molecule has 0 radical (unpaired) electrons. The molecule has 2 aliphatic rings. The summed E-state index contributed by atoms with van der Waals surface area (Å²) in [6.07, 6.45) is 3.37. The Morgan fingerprint density at radius 2 is 2.27 bits per heavy atom. The van der Waals surface area contributed by atoms with Gasteiger partial charge in [0.2, 0.25) is 0 Å². The van der Waals surface area contributed by atoms with E-state index < -0.39 is 6.17 Å². The number of alkyl halides is 1. The van der Waals surface area contributed by atoms with Crippen molar-refractivity contribution in [1.29, 1.82) is 0 Å². The highest BCUT2D eigenvalue weighted by molar-refractivity contribution is 5.99. The van der Waals surface area contributed by atoms with Gasteiger partial charge in [-0.05, 0) is 17.7 Å². The van der Waals surface area contributed by atoms with Crippen molar-refractivity contribution in [1.82, 2.24) is 4.90 Å². The standard InChI is InChI=1S/C11H12FNO2/c1-13-6-7-3-4-8(15-2)5-9(12)10(7)11(13)14/h3-5,9H,6H2,1-2H3. The fourth-order valence-corrected chi connectivity index (χ4v) is 1.79. The van der Waals surface area contributed by atoms with Gasteiger partial charge in [0.15, 0.2) is 6.17 Å². The molecule has 0 aromatic rings. The number of carbonyl (C=O) groups excluding carboxylic acids is 1. The van der Waals surface area contributed by atoms with Crippen molar-refractivity contribution < 1.29 is 13.9 Å². The van der Waals surface area contributed by atoms with Gasteiger partial charge in [0.05, 0.1) is 12.7 Å². The number of halogens is 1. The fourth-order valence-electron chi connectivity index (χ4n) is 1.79. The Kier molecular flexibility index (Phi) is 2.34. The van der Waals surface area contributed by atoms with Gasteiger partial charge < -0.3 is 9.64 Å². The highest BCUT2D eigenvalue weighted by Gasteiger charge is 2.32. The van der Waals surface area contributed by atoms with E-state index in [2.05, 4.69) is 0 Å². The molecule has 1 aliphatic heterocycles. The number of rotatable bonds is 1. The van der Waals surface area contributed by atoms with Crippen LogP contribution in [0, 0.1) is 0 Å². The number of carbonyl (C=O) groups is 1. The summed E-state index contributed by atoms with van der Waals surface area (Å²) < 4.78 is 18.7. The summed E-state index contributed by atoms with van der Waals surface area (Å²) in [5, 5.41) is 0. The predicted molar refractivity (Wildman–Crippen MR) is 53.8 cm³/mol. The van der Waals surface area contributed by atoms with Crippen molar-refractivity contribution >= 4 is 5.91 Å². The maximum Gasteiger partial charge on any atom is 0.253 e. The minimum absolute atomic E-state index is 0.237. The van der Waals surface area contributed by atoms with Crippen molar-refractivity contribution in [3.05, 3.63) is 35.1 Å². The van der Waals surface area contributed by atoms with Crippen LogP contribution in [0.2, 0.25) is 0 Å². The van der Waals surface area contributed by atoms with Gasteiger partial charge in [-0.1, -0.05) is 6.08 Å². The van der Waals surface area contributed by atoms with E-state index in [4.69, 9.17) is 4.74 Å². The second-order valence-corrected chi connectivity index (χ2v) is 3.61. The molecule has 1 amide bonds. The molecule has 1 atom stereocenters. The van der Waals surface area contributed by atoms with Gasteiger partial charge in [-0.15, -0.1) is 0 Å². The first-order chi connectivity index (χ1) is 7.13. The minimum atomic E-state index is -1.37. The quantitative estimate of drug-likeness (QED) is 0.649. The Hall–Kier alpha value is -1.58. The molecule has 3 nitrogen and oxygen atoms in total. The number of hydrogen-bond donors (Lipinski definition) is 0. The first kappa shape index (κ1) is 9.96. The summed E-state index contributed by atoms with van der Waals surface area (Å²) in [5.41, 5.74) is 0.971. The predicted octanol–water partition coefficient (Wildman–Crippen LogP) is 1.19. The molecule has 1 unspecified atom stereocenters. The van der Waals surface area contributed by atoms with Gasteiger partial charge in [-0.3, -0.25) is 4.79 Å². The molecule has 0 N–H and O–H groups in total. The molecule has 1 heterocycles. The molecule has 0 bridgehead atoms. The Morgan fingerprint density at radius 3 is 2.93 bits per heavy atom. The number of nitrogens with zero attached hydrogens (tertiary/aromatic N) is 1. The molecule has 0 spiro atoms. The van der Waals surface area contributed by atoms with Crippen LogP contribution in [0.15, 0.2) is 35.1 Å². The monoisotopic (exact) mass is 209 g/mol. The van der Waals surface area contributed by atoms with E-state index in [-0.39, 0.29) is 11.5 Å². The van der Waals surface area contributed by atoms with E-state index in [0.717, 1.165) is 5.57 Å². The lowest BCUT2D eigenvalue weighted by atomic mass is 10.1. The molecule has 0 aromatic heterocycles. The van der Waals surface area contributed by atoms with E-state index in [0.29, 0.717) is 12.3 Å². The van der Waals surface area contributed by atoms with Gasteiger partial charge in [0, 0.05) is 13.6 Å². The summed E-state index contributed by atoms with van der Waals surface area (Å²) >= 11 is 0. The van der Waals surface area contributed by atoms with Crippen LogP contribution in [0.5, 0.6) is 0 Å². The van der Waals surface area contributed by atoms with Gasteiger partial charge in [0.25, 0.3) is 5.91 Å². The Morgan fingerprint density at radius 1 is 1.53 bits per heavy atom. The van der Waals surface area contributed by atoms with Crippen LogP contribution in [0.4, 0.5) is 4.39 Å². The highest BCUT2D eigenvalue weighted by atomic mass is 19.1. The number of allylic oxidation sites excluding steroid dienone is 2. The molecule has 4 heteroatoms. The third kappa shape index (κ3) is 1.56. The van der Waals surface area contributed by atoms with E-state index in [1.54, 1.807) is 19.2 Å². The fraction of sp³-hybridized carbons (Fsp3) is 0.364. The van der Waals surface area contributed by atoms with Crippen LogP contribution in [-0.4, -0.2) is 37.7 Å². The van der Waals surface area contributed by atoms with Crippen LogP contribution in [0.1, 0.15) is 0 Å². The zero-order valence-electron chi connectivity index (χ0n) is 8.66. The molecule has 15 heavy (non-hydrogen) atoms. The zero-order valence-corrected chi connectivity index (χ0v) is 8.66. The Balaban J connectivity index is 2.38. The molecular weight excluding hydrogens is 197 g/mol. The molecule has 0 saturated heterocycles. The summed E-state index contributed by atoms with van der Waals surface area (Å²) in [5.74, 6) is 0.211. The maximum atomic E-state index is 13.8. The van der Waals surface area contributed by atoms with Crippen molar-refractivity contribution in [3.63, 3.8) is 0 Å². The number of hydrogen-bond acceptors (Lipinski definition) is 2. The topological polar surface area (TPSA) is 29.5 Å². The van der Waals surface area contributed by atoms with E-state index in [1.165, 1.54) is 18.1 Å². The number of amides is 1. The lowest BCUT2D eigenvalue weighted by molar-refractivity contribution is -0.124. The minimum Gasteiger partial charge on any atom is -0.497 e. The van der Waals surface area contributed by atoms with Gasteiger partial charge in [0.1, 0.15) is 5.76 Å². The van der Waals surface area contributed by atoms with Crippen molar-refractivity contribution in [3.8, 4) is 0 Å². The maximum absolute atomic E-state index is 13.8. The van der Waals surface area contributed by atoms with Crippen LogP contribution in [-0.2, 0) is 9.53 Å². The SMILES string of the molecule is COC1=CC(F)C2=C(C=C1)CN(C)C2=O. The van der Waals surface area contributed by atoms with Crippen LogP contribution >= 0.6 is 0 Å². The van der Waals surface area contributed by atoms with Crippen molar-refractivity contribution in [2.45, 2.75) is 6.17 Å². The van der Waals surface area contributed by atoms with Gasteiger partial charge in [-0.25, -0.2) is 4.39 Å². The molecule has 0 fully saturated rings. The van der Waals surface area contributed by atoms with Crippen LogP contribution in [0.25, 0.3) is 0 Å². The summed E-state index contributed by atoms with van der Waals surface area (Å²) in [6.45, 7) is 0.468. The van der Waals surface area contributed by atoms with E-state index >= 15 is 0 Å². The molecule has 1 aliphatic carbocycles. The molecular formula is C11H12FNO2. The lowest BCUT2D eigenvalue weighted by Crippen LogP contribution is -2.24. The van der Waals surface area contributed by atoms with E-state index in [1.807, 2.05) is 0 Å². The molecule has 0 saturated carbocycles. The lowest BCUT2D eigenvalue weighted by Gasteiger charge is -2.10. The first-order valence-electron chi connectivity index (χ1n) is 4.70. The first-order valence-corrected chi connectivity index (χ1v) is 4.70. The van der Waals surface area contributed by atoms with Gasteiger partial charge in [-0.2, -0.15) is 0 Å². The number of ether oxygens (including phenoxy) is 1. The smallest absolute Gasteiger partial charge is 0.253 e. The third-order valence-electron chi connectivity index (χ3n) is 2.60. The summed E-state index contributed by atoms with van der Waals surface area (Å²) in [6, 6.07) is 0. The second-order valence-electron chi connectivity index (χ2n) is 3.61. The van der Waals surface area contributed by atoms with Crippen molar-refractivity contribution in [2.75, 3.05) is 20.7 Å². The van der Waals surface area contributed by atoms with Gasteiger partial charge >= 0.3 is 0 Å². The number of likely N-dealkylation sites (N-methyl/N-ethyl adjacent to an activating group) is 1. The average molecular weight is 209 g/mol.